The number of anilines is 1. The van der Waals surface area contributed by atoms with Crippen LogP contribution in [0.3, 0.4) is 0 Å². The highest BCUT2D eigenvalue weighted by Crippen LogP contribution is 2.31. The molecule has 4 rings (SSSR count). The number of aryl methyl sites for hydroxylation is 1. The standard InChI is InChI=1S/C21H21N3OS/c1-14-20(26-21(23-14)15-6-3-2-4-7-15)24-19(25)12-16-8-5-9-17-13-22-11-10-18(16)17/h2-9,22H,10-13H2,1H3,(H,24,25). The number of fused-ring (bicyclic) bond motifs is 1. The highest BCUT2D eigenvalue weighted by molar-refractivity contribution is 7.19. The summed E-state index contributed by atoms with van der Waals surface area (Å²) in [6.45, 7) is 3.80. The highest BCUT2D eigenvalue weighted by Gasteiger charge is 2.16. The summed E-state index contributed by atoms with van der Waals surface area (Å²) in [6.07, 6.45) is 1.39. The molecule has 0 bridgehead atoms. The molecule has 0 radical (unpaired) electrons. The van der Waals surface area contributed by atoms with Crippen LogP contribution >= 0.6 is 11.3 Å². The maximum atomic E-state index is 12.6. The summed E-state index contributed by atoms with van der Waals surface area (Å²) in [5.74, 6) is 0.0169. The number of nitrogens with one attached hydrogen (secondary N) is 2. The number of nitrogens with zero attached hydrogens (tertiary/aromatic N) is 1. The summed E-state index contributed by atoms with van der Waals surface area (Å²) in [5, 5.41) is 8.20. The van der Waals surface area contributed by atoms with Gasteiger partial charge in [-0.05, 0) is 36.6 Å². The Bertz CT molecular complexity index is 934. The molecule has 0 spiro atoms. The van der Waals surface area contributed by atoms with Crippen LogP contribution in [0.2, 0.25) is 0 Å². The molecule has 0 aliphatic carbocycles. The second-order valence-corrected chi connectivity index (χ2v) is 7.51. The first kappa shape index (κ1) is 16.9. The summed E-state index contributed by atoms with van der Waals surface area (Å²) >= 11 is 1.53. The Morgan fingerprint density at radius 1 is 1.19 bits per heavy atom. The first-order valence-corrected chi connectivity index (χ1v) is 9.65. The van der Waals surface area contributed by atoms with Crippen LogP contribution in [-0.4, -0.2) is 17.4 Å². The largest absolute Gasteiger partial charge is 0.316 e. The maximum absolute atomic E-state index is 12.6. The number of benzene rings is 2. The lowest BCUT2D eigenvalue weighted by atomic mass is 9.94. The second-order valence-electron chi connectivity index (χ2n) is 6.51. The molecule has 1 aliphatic heterocycles. The molecule has 2 aromatic carbocycles. The van der Waals surface area contributed by atoms with Crippen molar-refractivity contribution in [2.45, 2.75) is 26.3 Å². The van der Waals surface area contributed by atoms with Gasteiger partial charge in [-0.25, -0.2) is 4.98 Å². The van der Waals surface area contributed by atoms with Crippen LogP contribution in [0, 0.1) is 6.92 Å². The van der Waals surface area contributed by atoms with Crippen molar-refractivity contribution in [1.82, 2.24) is 10.3 Å². The van der Waals surface area contributed by atoms with Crippen molar-refractivity contribution in [3.63, 3.8) is 0 Å². The molecule has 26 heavy (non-hydrogen) atoms. The number of rotatable bonds is 4. The van der Waals surface area contributed by atoms with Gasteiger partial charge in [0.25, 0.3) is 0 Å². The lowest BCUT2D eigenvalue weighted by Crippen LogP contribution is -2.25. The summed E-state index contributed by atoms with van der Waals surface area (Å²) < 4.78 is 0. The molecule has 1 amide bonds. The van der Waals surface area contributed by atoms with Gasteiger partial charge in [0.15, 0.2) is 0 Å². The van der Waals surface area contributed by atoms with Crippen molar-refractivity contribution in [1.29, 1.82) is 0 Å². The Morgan fingerprint density at radius 3 is 2.88 bits per heavy atom. The van der Waals surface area contributed by atoms with Gasteiger partial charge in [-0.3, -0.25) is 4.79 Å². The minimum atomic E-state index is 0.0169. The predicted molar refractivity (Wildman–Crippen MR) is 106 cm³/mol. The lowest BCUT2D eigenvalue weighted by molar-refractivity contribution is -0.115. The van der Waals surface area contributed by atoms with E-state index in [0.29, 0.717) is 6.42 Å². The van der Waals surface area contributed by atoms with Crippen LogP contribution in [0.15, 0.2) is 48.5 Å². The van der Waals surface area contributed by atoms with Crippen molar-refractivity contribution in [2.24, 2.45) is 0 Å². The molecule has 1 aliphatic rings. The normalized spacial score (nSPS) is 13.3. The van der Waals surface area contributed by atoms with Crippen LogP contribution in [0.4, 0.5) is 5.00 Å². The highest BCUT2D eigenvalue weighted by atomic mass is 32.1. The van der Waals surface area contributed by atoms with E-state index in [1.165, 1.54) is 22.5 Å². The number of hydrogen-bond acceptors (Lipinski definition) is 4. The van der Waals surface area contributed by atoms with Crippen molar-refractivity contribution in [3.05, 3.63) is 70.9 Å². The molecular weight excluding hydrogens is 342 g/mol. The predicted octanol–water partition coefficient (Wildman–Crippen LogP) is 3.95. The van der Waals surface area contributed by atoms with E-state index in [0.717, 1.165) is 46.3 Å². The quantitative estimate of drug-likeness (QED) is 0.738. The number of thiazole rings is 1. The molecule has 2 N–H and O–H groups in total. The monoisotopic (exact) mass is 363 g/mol. The average Bonchev–Trinajstić information content (AvgIpc) is 3.03. The van der Waals surface area contributed by atoms with E-state index in [1.807, 2.05) is 43.3 Å². The molecule has 0 unspecified atom stereocenters. The van der Waals surface area contributed by atoms with Crippen molar-refractivity contribution in [2.75, 3.05) is 11.9 Å². The van der Waals surface area contributed by atoms with Gasteiger partial charge < -0.3 is 10.6 Å². The number of carbonyl (C=O) groups is 1. The van der Waals surface area contributed by atoms with Crippen LogP contribution < -0.4 is 10.6 Å². The third-order valence-electron chi connectivity index (χ3n) is 4.66. The SMILES string of the molecule is Cc1nc(-c2ccccc2)sc1NC(=O)Cc1cccc2c1CCNC2. The zero-order valence-corrected chi connectivity index (χ0v) is 15.5. The summed E-state index contributed by atoms with van der Waals surface area (Å²) in [5.41, 5.74) is 5.70. The van der Waals surface area contributed by atoms with Crippen LogP contribution in [-0.2, 0) is 24.2 Å². The second kappa shape index (κ2) is 7.40. The van der Waals surface area contributed by atoms with Gasteiger partial charge in [-0.1, -0.05) is 59.9 Å². The Balaban J connectivity index is 1.50. The molecule has 3 aromatic rings. The first-order valence-electron chi connectivity index (χ1n) is 8.84. The van der Waals surface area contributed by atoms with Gasteiger partial charge in [-0.2, -0.15) is 0 Å². The minimum absolute atomic E-state index is 0.0169. The minimum Gasteiger partial charge on any atom is -0.316 e. The third-order valence-corrected chi connectivity index (χ3v) is 5.78. The van der Waals surface area contributed by atoms with Crippen molar-refractivity contribution in [3.8, 4) is 10.6 Å². The molecule has 0 atom stereocenters. The fourth-order valence-corrected chi connectivity index (χ4v) is 4.33. The van der Waals surface area contributed by atoms with Crippen LogP contribution in [0.1, 0.15) is 22.4 Å². The molecule has 132 valence electrons. The zero-order valence-electron chi connectivity index (χ0n) is 14.7. The van der Waals surface area contributed by atoms with E-state index in [-0.39, 0.29) is 5.91 Å². The Morgan fingerprint density at radius 2 is 2.04 bits per heavy atom. The van der Waals surface area contributed by atoms with Gasteiger partial charge in [0.2, 0.25) is 5.91 Å². The van der Waals surface area contributed by atoms with Crippen molar-refractivity contribution >= 4 is 22.2 Å². The van der Waals surface area contributed by atoms with Gasteiger partial charge in [-0.15, -0.1) is 0 Å². The molecule has 2 heterocycles. The van der Waals surface area contributed by atoms with Gasteiger partial charge >= 0.3 is 0 Å². The Kier molecular flexibility index (Phi) is 4.82. The van der Waals surface area contributed by atoms with E-state index in [2.05, 4.69) is 27.8 Å². The van der Waals surface area contributed by atoms with Crippen LogP contribution in [0.5, 0.6) is 0 Å². The summed E-state index contributed by atoms with van der Waals surface area (Å²) in [4.78, 5) is 17.2. The number of carbonyl (C=O) groups excluding carboxylic acids is 1. The summed E-state index contributed by atoms with van der Waals surface area (Å²) in [7, 11) is 0. The maximum Gasteiger partial charge on any atom is 0.229 e. The molecular formula is C21H21N3OS. The first-order chi connectivity index (χ1) is 12.7. The fourth-order valence-electron chi connectivity index (χ4n) is 3.34. The number of amides is 1. The molecule has 1 aromatic heterocycles. The van der Waals surface area contributed by atoms with Crippen molar-refractivity contribution < 1.29 is 4.79 Å². The van der Waals surface area contributed by atoms with E-state index in [4.69, 9.17) is 0 Å². The number of aromatic nitrogens is 1. The third kappa shape index (κ3) is 3.54. The van der Waals surface area contributed by atoms with E-state index in [9.17, 15) is 4.79 Å². The van der Waals surface area contributed by atoms with Gasteiger partial charge in [0.05, 0.1) is 12.1 Å². The molecule has 5 heteroatoms. The lowest BCUT2D eigenvalue weighted by Gasteiger charge is -2.20. The Labute approximate surface area is 157 Å². The average molecular weight is 363 g/mol. The molecule has 0 saturated heterocycles. The van der Waals surface area contributed by atoms with E-state index < -0.39 is 0 Å². The van der Waals surface area contributed by atoms with E-state index in [1.54, 1.807) is 0 Å². The smallest absolute Gasteiger partial charge is 0.229 e. The molecule has 4 nitrogen and oxygen atoms in total. The van der Waals surface area contributed by atoms with Gasteiger partial charge in [0, 0.05) is 12.1 Å². The molecule has 0 fully saturated rings. The van der Waals surface area contributed by atoms with Crippen LogP contribution in [0.25, 0.3) is 10.6 Å². The summed E-state index contributed by atoms with van der Waals surface area (Å²) in [6, 6.07) is 16.3. The fraction of sp³-hybridized carbons (Fsp3) is 0.238. The Hall–Kier alpha value is -2.50. The molecule has 0 saturated carbocycles. The van der Waals surface area contributed by atoms with E-state index >= 15 is 0 Å². The topological polar surface area (TPSA) is 54.0 Å². The number of hydrogen-bond donors (Lipinski definition) is 2. The van der Waals surface area contributed by atoms with Gasteiger partial charge in [0.1, 0.15) is 10.0 Å². The zero-order chi connectivity index (χ0) is 17.9.